The van der Waals surface area contributed by atoms with Gasteiger partial charge in [0.05, 0.1) is 29.6 Å². The molecule has 8 nitrogen and oxygen atoms in total. The number of benzene rings is 1. The highest BCUT2D eigenvalue weighted by Crippen LogP contribution is 2.35. The number of piperazine rings is 1. The minimum absolute atomic E-state index is 0.498. The molecular formula is C24H24ClN7O. The van der Waals surface area contributed by atoms with Crippen LogP contribution >= 0.6 is 11.6 Å². The van der Waals surface area contributed by atoms with Crippen LogP contribution in [0.1, 0.15) is 0 Å². The van der Waals surface area contributed by atoms with Gasteiger partial charge in [-0.25, -0.2) is 19.6 Å². The van der Waals surface area contributed by atoms with Gasteiger partial charge in [0.1, 0.15) is 11.6 Å². The third kappa shape index (κ3) is 4.40. The maximum atomic E-state index is 6.42. The van der Waals surface area contributed by atoms with Crippen LogP contribution in [0.4, 0.5) is 5.82 Å². The molecule has 4 heterocycles. The predicted octanol–water partition coefficient (Wildman–Crippen LogP) is 3.81. The van der Waals surface area contributed by atoms with Crippen molar-refractivity contribution < 1.29 is 4.74 Å². The third-order valence-corrected chi connectivity index (χ3v) is 6.05. The van der Waals surface area contributed by atoms with Gasteiger partial charge >= 0.3 is 0 Å². The van der Waals surface area contributed by atoms with Crippen LogP contribution in [-0.2, 0) is 0 Å². The smallest absolute Gasteiger partial charge is 0.165 e. The molecule has 33 heavy (non-hydrogen) atoms. The Hall–Kier alpha value is -3.49. The number of ether oxygens (including phenoxy) is 1. The van der Waals surface area contributed by atoms with Gasteiger partial charge < -0.3 is 14.5 Å². The van der Waals surface area contributed by atoms with E-state index in [1.54, 1.807) is 30.3 Å². The molecule has 5 rings (SSSR count). The largest absolute Gasteiger partial charge is 0.496 e. The molecule has 0 unspecified atom stereocenters. The lowest BCUT2D eigenvalue weighted by atomic mass is 10.1. The molecule has 1 saturated heterocycles. The molecule has 0 saturated carbocycles. The number of hydrogen-bond donors (Lipinski definition) is 0. The molecule has 9 heteroatoms. The second kappa shape index (κ2) is 9.17. The van der Waals surface area contributed by atoms with Gasteiger partial charge in [-0.05, 0) is 37.4 Å². The maximum absolute atomic E-state index is 6.42. The van der Waals surface area contributed by atoms with Gasteiger partial charge in [0.15, 0.2) is 11.6 Å². The highest BCUT2D eigenvalue weighted by atomic mass is 35.5. The zero-order valence-corrected chi connectivity index (χ0v) is 19.3. The van der Waals surface area contributed by atoms with Gasteiger partial charge in [-0.15, -0.1) is 0 Å². The van der Waals surface area contributed by atoms with Gasteiger partial charge in [-0.2, -0.15) is 5.10 Å². The first-order chi connectivity index (χ1) is 16.1. The summed E-state index contributed by atoms with van der Waals surface area (Å²) in [5.41, 5.74) is 2.26. The molecule has 1 fully saturated rings. The van der Waals surface area contributed by atoms with Crippen LogP contribution in [0.2, 0.25) is 5.02 Å². The van der Waals surface area contributed by atoms with Crippen molar-refractivity contribution in [2.45, 2.75) is 0 Å². The van der Waals surface area contributed by atoms with E-state index in [0.717, 1.165) is 49.1 Å². The molecule has 1 aromatic carbocycles. The standard InChI is InChI=1S/C24H24ClN7O/c1-30-11-13-31(14-12-30)21-7-4-8-22(29-21)32-16-17(15-27-32)19-9-10-26-24(28-19)23-18(25)5-3-6-20(23)33-2/h3-10,15-16H,11-14H2,1-2H3. The summed E-state index contributed by atoms with van der Waals surface area (Å²) in [6.07, 6.45) is 5.41. The molecule has 0 aliphatic carbocycles. The van der Waals surface area contributed by atoms with Gasteiger partial charge in [0.2, 0.25) is 0 Å². The van der Waals surface area contributed by atoms with Crippen LogP contribution in [0.3, 0.4) is 0 Å². The first kappa shape index (κ1) is 21.4. The fraction of sp³-hybridized carbons (Fsp3) is 0.250. The molecule has 0 amide bonds. The molecule has 0 spiro atoms. The minimum atomic E-state index is 0.498. The lowest BCUT2D eigenvalue weighted by Gasteiger charge is -2.33. The number of likely N-dealkylation sites (N-methyl/N-ethyl adjacent to an activating group) is 1. The Morgan fingerprint density at radius 1 is 0.939 bits per heavy atom. The lowest BCUT2D eigenvalue weighted by Crippen LogP contribution is -2.44. The van der Waals surface area contributed by atoms with Gasteiger partial charge in [-0.3, -0.25) is 0 Å². The quantitative estimate of drug-likeness (QED) is 0.447. The molecule has 3 aromatic heterocycles. The molecule has 1 aliphatic rings. The van der Waals surface area contributed by atoms with E-state index >= 15 is 0 Å². The molecule has 168 valence electrons. The van der Waals surface area contributed by atoms with Gasteiger partial charge in [0.25, 0.3) is 0 Å². The monoisotopic (exact) mass is 461 g/mol. The highest BCUT2D eigenvalue weighted by Gasteiger charge is 2.17. The molecule has 0 bridgehead atoms. The molecule has 1 aliphatic heterocycles. The Labute approximate surface area is 197 Å². The van der Waals surface area contributed by atoms with Crippen molar-refractivity contribution in [2.24, 2.45) is 0 Å². The van der Waals surface area contributed by atoms with Crippen molar-refractivity contribution in [1.29, 1.82) is 0 Å². The molecule has 0 atom stereocenters. The maximum Gasteiger partial charge on any atom is 0.165 e. The first-order valence-electron chi connectivity index (χ1n) is 10.7. The Balaban J connectivity index is 1.43. The van der Waals surface area contributed by atoms with E-state index in [1.165, 1.54) is 0 Å². The molecule has 4 aromatic rings. The second-order valence-corrected chi connectivity index (χ2v) is 8.31. The topological polar surface area (TPSA) is 72.2 Å². The van der Waals surface area contributed by atoms with Crippen LogP contribution in [-0.4, -0.2) is 70.0 Å². The summed E-state index contributed by atoms with van der Waals surface area (Å²) in [5, 5.41) is 5.07. The number of rotatable bonds is 5. The van der Waals surface area contributed by atoms with E-state index in [4.69, 9.17) is 26.3 Å². The predicted molar refractivity (Wildman–Crippen MR) is 129 cm³/mol. The zero-order chi connectivity index (χ0) is 22.8. The van der Waals surface area contributed by atoms with Crippen molar-refractivity contribution in [3.8, 4) is 34.2 Å². The van der Waals surface area contributed by atoms with E-state index in [1.807, 2.05) is 42.6 Å². The van der Waals surface area contributed by atoms with Gasteiger partial charge in [-0.1, -0.05) is 23.7 Å². The van der Waals surface area contributed by atoms with Crippen LogP contribution in [0.5, 0.6) is 5.75 Å². The van der Waals surface area contributed by atoms with Crippen molar-refractivity contribution >= 4 is 17.4 Å². The van der Waals surface area contributed by atoms with E-state index in [0.29, 0.717) is 22.2 Å². The van der Waals surface area contributed by atoms with Crippen molar-refractivity contribution in [3.63, 3.8) is 0 Å². The average molecular weight is 462 g/mol. The average Bonchev–Trinajstić information content (AvgIpc) is 3.35. The highest BCUT2D eigenvalue weighted by molar-refractivity contribution is 6.33. The van der Waals surface area contributed by atoms with Gasteiger partial charge in [0, 0.05) is 44.1 Å². The lowest BCUT2D eigenvalue weighted by molar-refractivity contribution is 0.312. The Kier molecular flexibility index (Phi) is 5.93. The summed E-state index contributed by atoms with van der Waals surface area (Å²) in [5.74, 6) is 2.85. The van der Waals surface area contributed by atoms with Crippen LogP contribution in [0.25, 0.3) is 28.5 Å². The number of hydrogen-bond acceptors (Lipinski definition) is 7. The fourth-order valence-corrected chi connectivity index (χ4v) is 4.11. The summed E-state index contributed by atoms with van der Waals surface area (Å²) >= 11 is 6.42. The summed E-state index contributed by atoms with van der Waals surface area (Å²) in [6.45, 7) is 3.99. The number of anilines is 1. The number of nitrogens with zero attached hydrogens (tertiary/aromatic N) is 7. The number of methoxy groups -OCH3 is 1. The van der Waals surface area contributed by atoms with E-state index in [-0.39, 0.29) is 0 Å². The second-order valence-electron chi connectivity index (χ2n) is 7.90. The minimum Gasteiger partial charge on any atom is -0.496 e. The number of pyridine rings is 1. The number of halogens is 1. The first-order valence-corrected chi connectivity index (χ1v) is 11.1. The van der Waals surface area contributed by atoms with Crippen molar-refractivity contribution in [2.75, 3.05) is 45.2 Å². The SMILES string of the molecule is COc1cccc(Cl)c1-c1nccc(-c2cnn(-c3cccc(N4CCN(C)CC4)n3)c2)n1. The van der Waals surface area contributed by atoms with E-state index in [2.05, 4.69) is 26.9 Å². The van der Waals surface area contributed by atoms with E-state index in [9.17, 15) is 0 Å². The van der Waals surface area contributed by atoms with Crippen LogP contribution in [0, 0.1) is 0 Å². The normalized spacial score (nSPS) is 14.5. The van der Waals surface area contributed by atoms with Crippen LogP contribution in [0.15, 0.2) is 61.1 Å². The summed E-state index contributed by atoms with van der Waals surface area (Å²) < 4.78 is 7.23. The van der Waals surface area contributed by atoms with Crippen LogP contribution < -0.4 is 9.64 Å². The Morgan fingerprint density at radius 2 is 1.73 bits per heavy atom. The van der Waals surface area contributed by atoms with Crippen molar-refractivity contribution in [3.05, 3.63) is 66.1 Å². The van der Waals surface area contributed by atoms with E-state index < -0.39 is 0 Å². The number of aromatic nitrogens is 5. The fourth-order valence-electron chi connectivity index (χ4n) is 3.86. The van der Waals surface area contributed by atoms with Crippen molar-refractivity contribution in [1.82, 2.24) is 29.6 Å². The Morgan fingerprint density at radius 3 is 2.55 bits per heavy atom. The molecule has 0 N–H and O–H groups in total. The summed E-state index contributed by atoms with van der Waals surface area (Å²) in [6, 6.07) is 13.3. The third-order valence-electron chi connectivity index (χ3n) is 5.73. The Bertz CT molecular complexity index is 1270. The summed E-state index contributed by atoms with van der Waals surface area (Å²) in [7, 11) is 3.75. The molecule has 0 radical (unpaired) electrons. The molecular weight excluding hydrogens is 438 g/mol. The zero-order valence-electron chi connectivity index (χ0n) is 18.5. The summed E-state index contributed by atoms with van der Waals surface area (Å²) in [4.78, 5) is 18.6.